The van der Waals surface area contributed by atoms with Gasteiger partial charge in [0.2, 0.25) is 0 Å². The van der Waals surface area contributed by atoms with E-state index in [2.05, 4.69) is 0 Å². The van der Waals surface area contributed by atoms with E-state index in [-0.39, 0.29) is 25.6 Å². The first-order valence-corrected chi connectivity index (χ1v) is 5.08. The standard InChI is InChI=1S/C9H6F3N3O5/c10-9(11,12)5-1-6(14(16)17)8(13-3-20-4-13)7(2-5)15(18)19/h1-2H,3-4H2. The van der Waals surface area contributed by atoms with Crippen LogP contribution in [0, 0.1) is 20.2 Å². The summed E-state index contributed by atoms with van der Waals surface area (Å²) in [7, 11) is 0. The summed E-state index contributed by atoms with van der Waals surface area (Å²) in [5.41, 5.74) is -3.88. The number of alkyl halides is 3. The summed E-state index contributed by atoms with van der Waals surface area (Å²) in [6.07, 6.45) is -4.92. The largest absolute Gasteiger partial charge is 0.416 e. The van der Waals surface area contributed by atoms with Gasteiger partial charge in [-0.2, -0.15) is 13.2 Å². The number of nitro groups is 2. The van der Waals surface area contributed by atoms with E-state index in [1.807, 2.05) is 0 Å². The van der Waals surface area contributed by atoms with Gasteiger partial charge in [0, 0.05) is 12.1 Å². The van der Waals surface area contributed by atoms with Crippen LogP contribution in [0.1, 0.15) is 5.56 Å². The molecule has 1 fully saturated rings. The van der Waals surface area contributed by atoms with E-state index in [1.165, 1.54) is 0 Å². The molecule has 0 bridgehead atoms. The summed E-state index contributed by atoms with van der Waals surface area (Å²) >= 11 is 0. The lowest BCUT2D eigenvalue weighted by molar-refractivity contribution is -0.393. The molecule has 1 aliphatic rings. The molecular weight excluding hydrogens is 287 g/mol. The monoisotopic (exact) mass is 293 g/mol. The van der Waals surface area contributed by atoms with Crippen LogP contribution >= 0.6 is 0 Å². The number of benzene rings is 1. The van der Waals surface area contributed by atoms with Crippen molar-refractivity contribution in [1.29, 1.82) is 0 Å². The maximum atomic E-state index is 12.6. The molecule has 11 heteroatoms. The average Bonchev–Trinajstić information content (AvgIpc) is 2.24. The molecule has 0 atom stereocenters. The molecule has 2 rings (SSSR count). The first-order valence-electron chi connectivity index (χ1n) is 5.08. The van der Waals surface area contributed by atoms with Crippen molar-refractivity contribution in [2.75, 3.05) is 18.4 Å². The first-order chi connectivity index (χ1) is 9.21. The van der Waals surface area contributed by atoms with E-state index in [0.29, 0.717) is 0 Å². The van der Waals surface area contributed by atoms with E-state index < -0.39 is 38.6 Å². The quantitative estimate of drug-likeness (QED) is 0.626. The molecule has 0 aliphatic carbocycles. The molecule has 20 heavy (non-hydrogen) atoms. The van der Waals surface area contributed by atoms with Gasteiger partial charge in [-0.3, -0.25) is 20.2 Å². The predicted molar refractivity (Wildman–Crippen MR) is 58.1 cm³/mol. The molecule has 0 N–H and O–H groups in total. The van der Waals surface area contributed by atoms with Crippen molar-refractivity contribution < 1.29 is 27.8 Å². The molecular formula is C9H6F3N3O5. The van der Waals surface area contributed by atoms with Gasteiger partial charge in [0.15, 0.2) is 5.69 Å². The second-order valence-electron chi connectivity index (χ2n) is 3.88. The van der Waals surface area contributed by atoms with Crippen molar-refractivity contribution in [3.05, 3.63) is 37.9 Å². The fourth-order valence-corrected chi connectivity index (χ4v) is 1.68. The Kier molecular flexibility index (Phi) is 3.21. The molecule has 0 spiro atoms. The third-order valence-corrected chi connectivity index (χ3v) is 2.60. The number of halogens is 3. The lowest BCUT2D eigenvalue weighted by atomic mass is 10.1. The SMILES string of the molecule is O=[N+]([O-])c1cc(C(F)(F)F)cc([N+](=O)[O-])c1N1COC1. The average molecular weight is 293 g/mol. The molecule has 0 radical (unpaired) electrons. The summed E-state index contributed by atoms with van der Waals surface area (Å²) in [5.74, 6) is 0. The minimum Gasteiger partial charge on any atom is -0.341 e. The Morgan fingerprint density at radius 1 is 1.10 bits per heavy atom. The van der Waals surface area contributed by atoms with E-state index >= 15 is 0 Å². The third kappa shape index (κ3) is 2.34. The van der Waals surface area contributed by atoms with Crippen LogP contribution in [-0.2, 0) is 10.9 Å². The van der Waals surface area contributed by atoms with Crippen molar-refractivity contribution in [3.63, 3.8) is 0 Å². The van der Waals surface area contributed by atoms with Gasteiger partial charge < -0.3 is 9.64 Å². The zero-order chi connectivity index (χ0) is 15.1. The Balaban J connectivity index is 2.70. The zero-order valence-electron chi connectivity index (χ0n) is 9.59. The minimum atomic E-state index is -4.92. The number of nitro benzene ring substituents is 2. The molecule has 1 saturated heterocycles. The zero-order valence-corrected chi connectivity index (χ0v) is 9.59. The highest BCUT2D eigenvalue weighted by Gasteiger charge is 2.40. The second kappa shape index (κ2) is 4.59. The van der Waals surface area contributed by atoms with Crippen LogP contribution in [0.3, 0.4) is 0 Å². The highest BCUT2D eigenvalue weighted by molar-refractivity contribution is 5.76. The lowest BCUT2D eigenvalue weighted by Crippen LogP contribution is -2.40. The summed E-state index contributed by atoms with van der Waals surface area (Å²) in [6.45, 7) is -0.319. The number of nitrogens with zero attached hydrogens (tertiary/aromatic N) is 3. The maximum absolute atomic E-state index is 12.6. The molecule has 108 valence electrons. The molecule has 0 amide bonds. The van der Waals surface area contributed by atoms with Crippen molar-refractivity contribution in [3.8, 4) is 0 Å². The smallest absolute Gasteiger partial charge is 0.341 e. The Labute approximate surface area is 108 Å². The van der Waals surface area contributed by atoms with Crippen LogP contribution in [0.5, 0.6) is 0 Å². The van der Waals surface area contributed by atoms with Crippen LogP contribution in [0.4, 0.5) is 30.2 Å². The molecule has 1 aliphatic heterocycles. The van der Waals surface area contributed by atoms with Gasteiger partial charge in [-0.25, -0.2) is 0 Å². The Morgan fingerprint density at radius 2 is 1.55 bits per heavy atom. The summed E-state index contributed by atoms with van der Waals surface area (Å²) < 4.78 is 42.6. The number of hydrogen-bond acceptors (Lipinski definition) is 6. The Morgan fingerprint density at radius 3 is 1.80 bits per heavy atom. The van der Waals surface area contributed by atoms with Crippen molar-refractivity contribution in [2.24, 2.45) is 0 Å². The third-order valence-electron chi connectivity index (χ3n) is 2.60. The number of hydrogen-bond donors (Lipinski definition) is 0. The summed E-state index contributed by atoms with van der Waals surface area (Å²) in [5, 5.41) is 21.7. The fourth-order valence-electron chi connectivity index (χ4n) is 1.68. The molecule has 1 aromatic rings. The van der Waals surface area contributed by atoms with Gasteiger partial charge in [0.1, 0.15) is 13.5 Å². The van der Waals surface area contributed by atoms with Crippen LogP contribution in [-0.4, -0.2) is 23.3 Å². The van der Waals surface area contributed by atoms with Gasteiger partial charge >= 0.3 is 6.18 Å². The van der Waals surface area contributed by atoms with E-state index in [9.17, 15) is 33.4 Å². The van der Waals surface area contributed by atoms with Crippen molar-refractivity contribution in [2.45, 2.75) is 6.18 Å². The van der Waals surface area contributed by atoms with Gasteiger partial charge in [-0.1, -0.05) is 0 Å². The fraction of sp³-hybridized carbons (Fsp3) is 0.333. The predicted octanol–water partition coefficient (Wildman–Crippen LogP) is 2.27. The minimum absolute atomic E-state index is 0.160. The van der Waals surface area contributed by atoms with Crippen LogP contribution in [0.15, 0.2) is 12.1 Å². The number of anilines is 1. The highest BCUT2D eigenvalue weighted by Crippen LogP contribution is 2.43. The topological polar surface area (TPSA) is 98.8 Å². The van der Waals surface area contributed by atoms with Gasteiger partial charge in [0.05, 0.1) is 15.4 Å². The molecule has 0 unspecified atom stereocenters. The molecule has 8 nitrogen and oxygen atoms in total. The van der Waals surface area contributed by atoms with E-state index in [1.54, 1.807) is 0 Å². The highest BCUT2D eigenvalue weighted by atomic mass is 19.4. The maximum Gasteiger partial charge on any atom is 0.416 e. The molecule has 0 saturated carbocycles. The van der Waals surface area contributed by atoms with E-state index in [0.717, 1.165) is 4.90 Å². The van der Waals surface area contributed by atoms with Gasteiger partial charge in [-0.05, 0) is 0 Å². The number of ether oxygens (including phenoxy) is 1. The van der Waals surface area contributed by atoms with Crippen molar-refractivity contribution >= 4 is 17.1 Å². The van der Waals surface area contributed by atoms with Crippen LogP contribution in [0.2, 0.25) is 0 Å². The van der Waals surface area contributed by atoms with Crippen molar-refractivity contribution in [1.82, 2.24) is 0 Å². The van der Waals surface area contributed by atoms with E-state index in [4.69, 9.17) is 4.74 Å². The number of rotatable bonds is 3. The first kappa shape index (κ1) is 14.0. The van der Waals surface area contributed by atoms with Gasteiger partial charge in [-0.15, -0.1) is 0 Å². The molecule has 1 heterocycles. The Hall–Kier alpha value is -2.43. The Bertz CT molecular complexity index is 550. The van der Waals surface area contributed by atoms with Crippen LogP contribution < -0.4 is 4.90 Å². The van der Waals surface area contributed by atoms with Crippen LogP contribution in [0.25, 0.3) is 0 Å². The van der Waals surface area contributed by atoms with Gasteiger partial charge in [0.25, 0.3) is 11.4 Å². The summed E-state index contributed by atoms with van der Waals surface area (Å²) in [6, 6.07) is 0.557. The molecule has 1 aromatic carbocycles. The lowest BCUT2D eigenvalue weighted by Gasteiger charge is -2.31. The normalized spacial score (nSPS) is 14.8. The second-order valence-corrected chi connectivity index (χ2v) is 3.88. The molecule has 0 aromatic heterocycles. The summed E-state index contributed by atoms with van der Waals surface area (Å²) in [4.78, 5) is 20.7.